The Morgan fingerprint density at radius 3 is 2.67 bits per heavy atom. The Kier molecular flexibility index (Phi) is 4.77. The first kappa shape index (κ1) is 11.1. The fourth-order valence-electron chi connectivity index (χ4n) is 1.21. The number of ether oxygens (including phenoxy) is 1. The summed E-state index contributed by atoms with van der Waals surface area (Å²) < 4.78 is 5.49. The van der Waals surface area contributed by atoms with Crippen molar-refractivity contribution >= 4 is 0 Å². The van der Waals surface area contributed by atoms with Crippen molar-refractivity contribution in [2.75, 3.05) is 6.61 Å². The molecule has 76 valence electrons. The number of para-hydroxylation sites is 1. The average molecular weight is 200 g/mol. The molecule has 1 rings (SSSR count). The highest BCUT2D eigenvalue weighted by Crippen LogP contribution is 2.18. The lowest BCUT2D eigenvalue weighted by atomic mass is 10.1. The zero-order valence-electron chi connectivity index (χ0n) is 8.44. The molecule has 0 aliphatic rings. The van der Waals surface area contributed by atoms with E-state index in [-0.39, 0.29) is 0 Å². The number of nitriles is 2. The number of unbranched alkanes of at least 4 members (excludes halogenated alkanes) is 1. The van der Waals surface area contributed by atoms with Crippen molar-refractivity contribution in [3.05, 3.63) is 29.8 Å². The van der Waals surface area contributed by atoms with E-state index in [1.165, 1.54) is 0 Å². The molecule has 0 saturated carbocycles. The first-order valence-corrected chi connectivity index (χ1v) is 4.83. The van der Waals surface area contributed by atoms with E-state index < -0.39 is 0 Å². The average Bonchev–Trinajstić information content (AvgIpc) is 2.27. The molecule has 0 saturated heterocycles. The summed E-state index contributed by atoms with van der Waals surface area (Å²) in [4.78, 5) is 0. The van der Waals surface area contributed by atoms with Crippen LogP contribution < -0.4 is 4.74 Å². The summed E-state index contributed by atoms with van der Waals surface area (Å²) in [7, 11) is 0. The standard InChI is InChI=1S/C12H12N2O/c13-8-3-4-10-15-12-6-2-1-5-11(12)7-9-14/h1-2,5-6H,3-4,7,10H2. The van der Waals surface area contributed by atoms with Gasteiger partial charge in [-0.3, -0.25) is 0 Å². The van der Waals surface area contributed by atoms with Crippen LogP contribution in [0, 0.1) is 22.7 Å². The predicted octanol–water partition coefficient (Wildman–Crippen LogP) is 2.44. The molecular formula is C12H12N2O. The van der Waals surface area contributed by atoms with Gasteiger partial charge in [0.2, 0.25) is 0 Å². The van der Waals surface area contributed by atoms with Crippen LogP contribution in [-0.2, 0) is 6.42 Å². The maximum atomic E-state index is 8.61. The van der Waals surface area contributed by atoms with E-state index in [0.29, 0.717) is 19.4 Å². The van der Waals surface area contributed by atoms with Gasteiger partial charge in [-0.25, -0.2) is 0 Å². The molecule has 0 radical (unpaired) electrons. The zero-order chi connectivity index (χ0) is 10.9. The third-order valence-electron chi connectivity index (χ3n) is 1.93. The van der Waals surface area contributed by atoms with Crippen molar-refractivity contribution in [3.63, 3.8) is 0 Å². The first-order valence-electron chi connectivity index (χ1n) is 4.83. The predicted molar refractivity (Wildman–Crippen MR) is 56.1 cm³/mol. The summed E-state index contributed by atoms with van der Waals surface area (Å²) in [6.07, 6.45) is 1.58. The van der Waals surface area contributed by atoms with Gasteiger partial charge in [-0.15, -0.1) is 0 Å². The van der Waals surface area contributed by atoms with Gasteiger partial charge in [0.1, 0.15) is 5.75 Å². The molecule has 0 fully saturated rings. The summed E-state index contributed by atoms with van der Waals surface area (Å²) in [5, 5.41) is 17.0. The fourth-order valence-corrected chi connectivity index (χ4v) is 1.21. The molecule has 0 atom stereocenters. The Labute approximate surface area is 89.5 Å². The first-order chi connectivity index (χ1) is 7.38. The zero-order valence-corrected chi connectivity index (χ0v) is 8.44. The van der Waals surface area contributed by atoms with Crippen LogP contribution in [0.1, 0.15) is 18.4 Å². The minimum Gasteiger partial charge on any atom is -0.493 e. The van der Waals surface area contributed by atoms with Crippen LogP contribution in [0.4, 0.5) is 0 Å². The van der Waals surface area contributed by atoms with Crippen molar-refractivity contribution in [2.24, 2.45) is 0 Å². The summed E-state index contributed by atoms with van der Waals surface area (Å²) in [5.41, 5.74) is 0.900. The molecule has 0 aromatic heterocycles. The topological polar surface area (TPSA) is 56.8 Å². The monoisotopic (exact) mass is 200 g/mol. The van der Waals surface area contributed by atoms with Gasteiger partial charge < -0.3 is 4.74 Å². The largest absolute Gasteiger partial charge is 0.493 e. The molecule has 0 aliphatic heterocycles. The van der Waals surface area contributed by atoms with E-state index in [1.807, 2.05) is 24.3 Å². The number of nitrogens with zero attached hydrogens (tertiary/aromatic N) is 2. The Balaban J connectivity index is 2.53. The van der Waals surface area contributed by atoms with Crippen molar-refractivity contribution in [1.82, 2.24) is 0 Å². The lowest BCUT2D eigenvalue weighted by molar-refractivity contribution is 0.310. The second-order valence-electron chi connectivity index (χ2n) is 3.05. The van der Waals surface area contributed by atoms with Crippen molar-refractivity contribution < 1.29 is 4.74 Å². The summed E-state index contributed by atoms with van der Waals surface area (Å²) in [5.74, 6) is 0.747. The Hall–Kier alpha value is -2.00. The van der Waals surface area contributed by atoms with Gasteiger partial charge in [0, 0.05) is 12.0 Å². The summed E-state index contributed by atoms with van der Waals surface area (Å²) in [6, 6.07) is 11.6. The van der Waals surface area contributed by atoms with Crippen LogP contribution in [0.2, 0.25) is 0 Å². The van der Waals surface area contributed by atoms with Gasteiger partial charge in [-0.1, -0.05) is 18.2 Å². The van der Waals surface area contributed by atoms with Gasteiger partial charge in [0.25, 0.3) is 0 Å². The fraction of sp³-hybridized carbons (Fsp3) is 0.333. The van der Waals surface area contributed by atoms with Gasteiger partial charge in [-0.2, -0.15) is 10.5 Å². The molecule has 3 heteroatoms. The van der Waals surface area contributed by atoms with E-state index in [1.54, 1.807) is 0 Å². The normalized spacial score (nSPS) is 8.93. The molecule has 3 nitrogen and oxygen atoms in total. The number of rotatable bonds is 5. The van der Waals surface area contributed by atoms with Gasteiger partial charge in [-0.05, 0) is 12.5 Å². The van der Waals surface area contributed by atoms with E-state index in [0.717, 1.165) is 17.7 Å². The molecule has 1 aromatic carbocycles. The second-order valence-corrected chi connectivity index (χ2v) is 3.05. The van der Waals surface area contributed by atoms with E-state index in [2.05, 4.69) is 12.1 Å². The molecule has 0 unspecified atom stereocenters. The Morgan fingerprint density at radius 2 is 1.93 bits per heavy atom. The molecule has 0 amide bonds. The SMILES string of the molecule is N#CCCCOc1ccccc1CC#N. The van der Waals surface area contributed by atoms with Crippen molar-refractivity contribution in [3.8, 4) is 17.9 Å². The minimum absolute atomic E-state index is 0.356. The van der Waals surface area contributed by atoms with Gasteiger partial charge in [0.15, 0.2) is 0 Å². The van der Waals surface area contributed by atoms with E-state index in [4.69, 9.17) is 15.3 Å². The highest BCUT2D eigenvalue weighted by atomic mass is 16.5. The van der Waals surface area contributed by atoms with Crippen molar-refractivity contribution in [1.29, 1.82) is 10.5 Å². The highest BCUT2D eigenvalue weighted by molar-refractivity contribution is 5.35. The molecule has 1 aromatic rings. The summed E-state index contributed by atoms with van der Waals surface area (Å²) >= 11 is 0. The molecule has 0 aliphatic carbocycles. The minimum atomic E-state index is 0.356. The van der Waals surface area contributed by atoms with Gasteiger partial charge >= 0.3 is 0 Å². The maximum Gasteiger partial charge on any atom is 0.123 e. The lowest BCUT2D eigenvalue weighted by Gasteiger charge is -2.08. The van der Waals surface area contributed by atoms with Crippen LogP contribution >= 0.6 is 0 Å². The molecule has 0 bridgehead atoms. The van der Waals surface area contributed by atoms with Crippen LogP contribution in [-0.4, -0.2) is 6.61 Å². The molecule has 15 heavy (non-hydrogen) atoms. The Morgan fingerprint density at radius 1 is 1.13 bits per heavy atom. The van der Waals surface area contributed by atoms with Crippen LogP contribution in [0.3, 0.4) is 0 Å². The molecular weight excluding hydrogens is 188 g/mol. The lowest BCUT2D eigenvalue weighted by Crippen LogP contribution is -1.99. The quantitative estimate of drug-likeness (QED) is 0.686. The second kappa shape index (κ2) is 6.45. The van der Waals surface area contributed by atoms with Crippen LogP contribution in [0.25, 0.3) is 0 Å². The van der Waals surface area contributed by atoms with Gasteiger partial charge in [0.05, 0.1) is 25.2 Å². The third-order valence-corrected chi connectivity index (χ3v) is 1.93. The molecule has 0 spiro atoms. The Bertz CT molecular complexity index is 387. The van der Waals surface area contributed by atoms with Crippen LogP contribution in [0.5, 0.6) is 5.75 Å². The smallest absolute Gasteiger partial charge is 0.123 e. The number of hydrogen-bond donors (Lipinski definition) is 0. The van der Waals surface area contributed by atoms with E-state index in [9.17, 15) is 0 Å². The van der Waals surface area contributed by atoms with Crippen molar-refractivity contribution in [2.45, 2.75) is 19.3 Å². The maximum absolute atomic E-state index is 8.61. The third kappa shape index (κ3) is 3.70. The number of benzene rings is 1. The highest BCUT2D eigenvalue weighted by Gasteiger charge is 2.01. The molecule has 0 heterocycles. The molecule has 0 N–H and O–H groups in total. The number of hydrogen-bond acceptors (Lipinski definition) is 3. The van der Waals surface area contributed by atoms with E-state index >= 15 is 0 Å². The summed E-state index contributed by atoms with van der Waals surface area (Å²) in [6.45, 7) is 0.524. The van der Waals surface area contributed by atoms with Crippen LogP contribution in [0.15, 0.2) is 24.3 Å².